The molecule has 31 heavy (non-hydrogen) atoms. The number of fused-ring (bicyclic) bond motifs is 2. The number of hydrogen-bond acceptors (Lipinski definition) is 6. The van der Waals surface area contributed by atoms with Gasteiger partial charge in [-0.2, -0.15) is 0 Å². The van der Waals surface area contributed by atoms with Crippen molar-refractivity contribution in [2.24, 2.45) is 10.7 Å². The van der Waals surface area contributed by atoms with Crippen LogP contribution in [-0.2, 0) is 22.7 Å². The summed E-state index contributed by atoms with van der Waals surface area (Å²) in [6.45, 7) is 2.18. The Kier molecular flexibility index (Phi) is 6.49. The Bertz CT molecular complexity index is 956. The molecule has 164 valence electrons. The number of nitrogens with one attached hydrogen (secondary N) is 1. The molecule has 0 bridgehead atoms. The number of carbonyl (C=O) groups excluding carboxylic acids is 2. The second-order valence-corrected chi connectivity index (χ2v) is 7.95. The fourth-order valence-corrected chi connectivity index (χ4v) is 3.95. The van der Waals surface area contributed by atoms with Crippen LogP contribution in [0.3, 0.4) is 0 Å². The first-order valence-corrected chi connectivity index (χ1v) is 10.8. The summed E-state index contributed by atoms with van der Waals surface area (Å²) < 4.78 is 8.03. The molecule has 1 fully saturated rings. The summed E-state index contributed by atoms with van der Waals surface area (Å²) in [6, 6.07) is 5.16. The van der Waals surface area contributed by atoms with Gasteiger partial charge < -0.3 is 19.9 Å². The third kappa shape index (κ3) is 5.22. The van der Waals surface area contributed by atoms with Crippen molar-refractivity contribution in [2.75, 3.05) is 6.61 Å². The molecule has 2 aliphatic rings. The first-order chi connectivity index (χ1) is 15.1. The van der Waals surface area contributed by atoms with Gasteiger partial charge in [-0.1, -0.05) is 19.3 Å². The van der Waals surface area contributed by atoms with E-state index in [0.29, 0.717) is 19.1 Å². The number of aromatic nitrogens is 2. The second-order valence-electron chi connectivity index (χ2n) is 7.95. The molecule has 1 aromatic carbocycles. The number of hydrogen-bond donors (Lipinski definition) is 2. The van der Waals surface area contributed by atoms with Crippen LogP contribution in [-0.4, -0.2) is 44.9 Å². The predicted molar refractivity (Wildman–Crippen MR) is 116 cm³/mol. The quantitative estimate of drug-likeness (QED) is 0.536. The molecule has 1 aromatic heterocycles. The van der Waals surface area contributed by atoms with Crippen LogP contribution in [0.4, 0.5) is 5.69 Å². The van der Waals surface area contributed by atoms with Crippen LogP contribution < -0.4 is 15.8 Å². The van der Waals surface area contributed by atoms with Crippen LogP contribution >= 0.6 is 0 Å². The predicted octanol–water partition coefficient (Wildman–Crippen LogP) is 2.09. The fourth-order valence-electron chi connectivity index (χ4n) is 3.95. The fraction of sp³-hybridized carbons (Fsp3) is 0.455. The van der Waals surface area contributed by atoms with E-state index < -0.39 is 11.9 Å². The van der Waals surface area contributed by atoms with Crippen molar-refractivity contribution in [1.29, 1.82) is 0 Å². The molecule has 0 saturated carbocycles. The van der Waals surface area contributed by atoms with Gasteiger partial charge in [0.2, 0.25) is 17.8 Å². The number of aryl methyl sites for hydroxylation is 1. The Morgan fingerprint density at radius 3 is 2.87 bits per heavy atom. The van der Waals surface area contributed by atoms with Crippen LogP contribution in [0.15, 0.2) is 41.9 Å². The molecule has 0 radical (unpaired) electrons. The van der Waals surface area contributed by atoms with E-state index >= 15 is 0 Å². The van der Waals surface area contributed by atoms with Gasteiger partial charge in [-0.15, -0.1) is 0 Å². The maximum Gasteiger partial charge on any atom is 0.250 e. The van der Waals surface area contributed by atoms with Gasteiger partial charge in [0.05, 0.1) is 25.0 Å². The molecule has 1 unspecified atom stereocenters. The lowest BCUT2D eigenvalue weighted by atomic mass is 10.1. The van der Waals surface area contributed by atoms with Gasteiger partial charge in [0.15, 0.2) is 0 Å². The molecule has 1 atom stereocenters. The molecule has 3 heterocycles. The average molecular weight is 425 g/mol. The molecule has 2 amide bonds. The largest absolute Gasteiger partial charge is 0.494 e. The summed E-state index contributed by atoms with van der Waals surface area (Å²) in [5, 5.41) is 2.73. The number of amides is 2. The number of ether oxygens (including phenoxy) is 1. The monoisotopic (exact) mass is 424 g/mol. The number of rotatable bonds is 11. The maximum atomic E-state index is 12.2. The third-order valence-corrected chi connectivity index (χ3v) is 5.59. The van der Waals surface area contributed by atoms with E-state index in [1.54, 1.807) is 4.90 Å². The van der Waals surface area contributed by atoms with E-state index in [2.05, 4.69) is 19.9 Å². The number of primary amides is 1. The normalized spacial score (nSPS) is 17.0. The van der Waals surface area contributed by atoms with Crippen LogP contribution in [0, 0.1) is 0 Å². The highest BCUT2D eigenvalue weighted by molar-refractivity contribution is 6.09. The molecule has 1 saturated heterocycles. The van der Waals surface area contributed by atoms with Gasteiger partial charge in [0, 0.05) is 31.0 Å². The number of carbonyl (C=O) groups is 2. The lowest BCUT2D eigenvalue weighted by Gasteiger charge is -2.27. The van der Waals surface area contributed by atoms with E-state index in [1.165, 1.54) is 12.8 Å². The molecule has 2 aromatic rings. The van der Waals surface area contributed by atoms with Crippen LogP contribution in [0.2, 0.25) is 0 Å². The van der Waals surface area contributed by atoms with Gasteiger partial charge >= 0.3 is 0 Å². The topological polar surface area (TPSA) is 115 Å². The van der Waals surface area contributed by atoms with Gasteiger partial charge in [-0.3, -0.25) is 14.9 Å². The standard InChI is InChI=1S/C22H28N6O3/c23-20(29)13-19-21(30)26-22-25-18-7-6-17(12-16(18)14-28(19)22)31-11-5-3-1-2-4-9-27-10-8-24-15-27/h6-8,10,12,15,19H,1-5,9,11,13-14H2,(H2,23,29)(H,25,26,30). The average Bonchev–Trinajstić information content (AvgIpc) is 3.36. The minimum atomic E-state index is -0.609. The molecule has 0 aliphatic carbocycles. The van der Waals surface area contributed by atoms with Gasteiger partial charge in [-0.25, -0.2) is 9.98 Å². The molecule has 0 spiro atoms. The summed E-state index contributed by atoms with van der Waals surface area (Å²) >= 11 is 0. The molecule has 9 heteroatoms. The molecule has 2 aliphatic heterocycles. The highest BCUT2D eigenvalue weighted by Gasteiger charge is 2.39. The van der Waals surface area contributed by atoms with E-state index in [9.17, 15) is 9.59 Å². The van der Waals surface area contributed by atoms with Crippen molar-refractivity contribution >= 4 is 23.5 Å². The highest BCUT2D eigenvalue weighted by Crippen LogP contribution is 2.32. The molecule has 3 N–H and O–H groups in total. The van der Waals surface area contributed by atoms with Crippen molar-refractivity contribution in [1.82, 2.24) is 19.8 Å². The zero-order chi connectivity index (χ0) is 21.6. The van der Waals surface area contributed by atoms with Crippen LogP contribution in [0.1, 0.15) is 44.1 Å². The Morgan fingerprint density at radius 1 is 1.23 bits per heavy atom. The first-order valence-electron chi connectivity index (χ1n) is 10.8. The van der Waals surface area contributed by atoms with Gasteiger partial charge in [0.25, 0.3) is 0 Å². The van der Waals surface area contributed by atoms with Crippen molar-refractivity contribution in [2.45, 2.75) is 57.7 Å². The summed E-state index contributed by atoms with van der Waals surface area (Å²) in [4.78, 5) is 33.8. The zero-order valence-electron chi connectivity index (χ0n) is 17.5. The number of unbranched alkanes of at least 4 members (excludes halogenated alkanes) is 4. The Morgan fingerprint density at radius 2 is 2.06 bits per heavy atom. The van der Waals surface area contributed by atoms with E-state index in [1.807, 2.05) is 36.9 Å². The van der Waals surface area contributed by atoms with Crippen LogP contribution in [0.25, 0.3) is 0 Å². The minimum Gasteiger partial charge on any atom is -0.494 e. The van der Waals surface area contributed by atoms with Crippen molar-refractivity contribution in [3.05, 3.63) is 42.5 Å². The second kappa shape index (κ2) is 9.63. The molecular formula is C22H28N6O3. The SMILES string of the molecule is NC(=O)CC1C(=O)NC2=Nc3ccc(OCCCCCCCn4ccnc4)cc3CN21. The molecule has 4 rings (SSSR count). The highest BCUT2D eigenvalue weighted by atomic mass is 16.5. The summed E-state index contributed by atoms with van der Waals surface area (Å²) in [7, 11) is 0. The summed E-state index contributed by atoms with van der Waals surface area (Å²) in [6.07, 6.45) is 11.3. The number of aliphatic imine (C=N–C) groups is 1. The van der Waals surface area contributed by atoms with E-state index in [4.69, 9.17) is 10.5 Å². The Hall–Kier alpha value is -3.36. The number of nitrogens with two attached hydrogens (primary N) is 1. The van der Waals surface area contributed by atoms with E-state index in [0.717, 1.165) is 42.8 Å². The number of nitrogens with zero attached hydrogens (tertiary/aromatic N) is 4. The third-order valence-electron chi connectivity index (χ3n) is 5.59. The Balaban J connectivity index is 1.21. The van der Waals surface area contributed by atoms with Crippen molar-refractivity contribution in [3.63, 3.8) is 0 Å². The number of guanidine groups is 1. The lowest BCUT2D eigenvalue weighted by Crippen LogP contribution is -2.39. The van der Waals surface area contributed by atoms with E-state index in [-0.39, 0.29) is 12.3 Å². The lowest BCUT2D eigenvalue weighted by molar-refractivity contribution is -0.126. The summed E-state index contributed by atoms with van der Waals surface area (Å²) in [5.41, 5.74) is 7.06. The van der Waals surface area contributed by atoms with Gasteiger partial charge in [-0.05, 0) is 31.0 Å². The molecule has 9 nitrogen and oxygen atoms in total. The van der Waals surface area contributed by atoms with Crippen molar-refractivity contribution in [3.8, 4) is 5.75 Å². The summed E-state index contributed by atoms with van der Waals surface area (Å²) in [5.74, 6) is 0.519. The first kappa shape index (κ1) is 20.9. The Labute approximate surface area is 181 Å². The zero-order valence-corrected chi connectivity index (χ0v) is 17.5. The maximum absolute atomic E-state index is 12.2. The molecular weight excluding hydrogens is 396 g/mol. The van der Waals surface area contributed by atoms with Crippen LogP contribution in [0.5, 0.6) is 5.75 Å². The number of benzene rings is 1. The van der Waals surface area contributed by atoms with Crippen molar-refractivity contribution < 1.29 is 14.3 Å². The van der Waals surface area contributed by atoms with Gasteiger partial charge in [0.1, 0.15) is 11.8 Å². The number of imidazole rings is 1. The minimum absolute atomic E-state index is 0.0291. The smallest absolute Gasteiger partial charge is 0.250 e.